The Morgan fingerprint density at radius 1 is 1.10 bits per heavy atom. The molecule has 1 aromatic carbocycles. The predicted molar refractivity (Wildman–Crippen MR) is 82.6 cm³/mol. The number of aromatic nitrogens is 1. The fourth-order valence-corrected chi connectivity index (χ4v) is 3.44. The Kier molecular flexibility index (Phi) is 3.75. The van der Waals surface area contributed by atoms with Gasteiger partial charge in [-0.1, -0.05) is 43.5 Å². The summed E-state index contributed by atoms with van der Waals surface area (Å²) in [7, 11) is 0. The van der Waals surface area contributed by atoms with Gasteiger partial charge in [0.15, 0.2) is 0 Å². The molecule has 0 radical (unpaired) electrons. The molecule has 1 unspecified atom stereocenters. The molecule has 0 aliphatic heterocycles. The summed E-state index contributed by atoms with van der Waals surface area (Å²) < 4.78 is 0. The van der Waals surface area contributed by atoms with Crippen molar-refractivity contribution < 1.29 is 5.11 Å². The highest BCUT2D eigenvalue weighted by molar-refractivity contribution is 5.78. The van der Waals surface area contributed by atoms with Crippen LogP contribution in [-0.2, 0) is 6.42 Å². The molecule has 2 aromatic rings. The zero-order chi connectivity index (χ0) is 14.0. The van der Waals surface area contributed by atoms with E-state index in [9.17, 15) is 5.11 Å². The molecule has 0 bridgehead atoms. The Labute approximate surface area is 120 Å². The van der Waals surface area contributed by atoms with E-state index in [2.05, 4.69) is 18.2 Å². The topological polar surface area (TPSA) is 33.1 Å². The van der Waals surface area contributed by atoms with Crippen LogP contribution in [0.4, 0.5) is 0 Å². The molecule has 0 amide bonds. The molecule has 1 aliphatic rings. The Hall–Kier alpha value is -1.41. The first kappa shape index (κ1) is 13.6. The minimum absolute atomic E-state index is 0.421. The van der Waals surface area contributed by atoms with Gasteiger partial charge >= 0.3 is 0 Å². The second-order valence-electron chi connectivity index (χ2n) is 6.36. The van der Waals surface area contributed by atoms with Crippen molar-refractivity contribution in [1.82, 2.24) is 4.98 Å². The maximum Gasteiger partial charge on any atom is 0.0705 e. The molecule has 1 aliphatic carbocycles. The van der Waals surface area contributed by atoms with Gasteiger partial charge in [0.25, 0.3) is 0 Å². The summed E-state index contributed by atoms with van der Waals surface area (Å²) in [5.41, 5.74) is 1.39. The molecular formula is C18H23NO. The number of benzene rings is 1. The van der Waals surface area contributed by atoms with Gasteiger partial charge in [-0.05, 0) is 37.8 Å². The Bertz CT molecular complexity index is 585. The van der Waals surface area contributed by atoms with Crippen LogP contribution in [0.15, 0.2) is 36.4 Å². The van der Waals surface area contributed by atoms with E-state index >= 15 is 0 Å². The molecule has 0 spiro atoms. The van der Waals surface area contributed by atoms with E-state index < -0.39 is 5.60 Å². The van der Waals surface area contributed by atoms with E-state index in [-0.39, 0.29) is 0 Å². The fourth-order valence-electron chi connectivity index (χ4n) is 3.44. The van der Waals surface area contributed by atoms with Crippen LogP contribution in [-0.4, -0.2) is 15.7 Å². The summed E-state index contributed by atoms with van der Waals surface area (Å²) >= 11 is 0. The summed E-state index contributed by atoms with van der Waals surface area (Å²) in [6, 6.07) is 12.3. The van der Waals surface area contributed by atoms with Gasteiger partial charge in [-0.3, -0.25) is 4.98 Å². The number of para-hydroxylation sites is 1. The first-order chi connectivity index (χ1) is 9.65. The lowest BCUT2D eigenvalue weighted by molar-refractivity contribution is -0.0166. The van der Waals surface area contributed by atoms with Crippen LogP contribution in [0.3, 0.4) is 0 Å². The molecule has 20 heavy (non-hydrogen) atoms. The molecule has 1 saturated carbocycles. The maximum atomic E-state index is 10.8. The molecule has 3 rings (SSSR count). The van der Waals surface area contributed by atoms with Gasteiger partial charge in [-0.2, -0.15) is 0 Å². The van der Waals surface area contributed by atoms with E-state index in [1.165, 1.54) is 19.3 Å². The van der Waals surface area contributed by atoms with Gasteiger partial charge in [0, 0.05) is 17.5 Å². The van der Waals surface area contributed by atoms with Crippen LogP contribution in [0.2, 0.25) is 0 Å². The normalized spacial score (nSPS) is 19.9. The zero-order valence-electron chi connectivity index (χ0n) is 12.2. The second kappa shape index (κ2) is 5.53. The third kappa shape index (κ3) is 2.85. The summed E-state index contributed by atoms with van der Waals surface area (Å²) in [5, 5.41) is 12.0. The van der Waals surface area contributed by atoms with E-state index in [0.29, 0.717) is 12.3 Å². The summed E-state index contributed by atoms with van der Waals surface area (Å²) in [4.78, 5) is 4.70. The van der Waals surface area contributed by atoms with E-state index in [1.54, 1.807) is 0 Å². The number of aliphatic hydroxyl groups is 1. The van der Waals surface area contributed by atoms with Crippen molar-refractivity contribution in [1.29, 1.82) is 0 Å². The molecule has 2 nitrogen and oxygen atoms in total. The molecular weight excluding hydrogens is 246 g/mol. The molecule has 1 aromatic heterocycles. The Morgan fingerprint density at radius 3 is 2.65 bits per heavy atom. The lowest BCUT2D eigenvalue weighted by Crippen LogP contribution is -2.38. The standard InChI is InChI=1S/C18H23NO/c1-18(20,15-8-3-2-4-9-15)13-16-12-11-14-7-5-6-10-17(14)19-16/h5-7,10-12,15,20H,2-4,8-9,13H2,1H3. The van der Waals surface area contributed by atoms with Gasteiger partial charge in [0.05, 0.1) is 11.1 Å². The number of rotatable bonds is 3. The van der Waals surface area contributed by atoms with Gasteiger partial charge < -0.3 is 5.11 Å². The van der Waals surface area contributed by atoms with E-state index in [1.807, 2.05) is 25.1 Å². The molecule has 1 fully saturated rings. The number of hydrogen-bond acceptors (Lipinski definition) is 2. The molecule has 1 heterocycles. The van der Waals surface area contributed by atoms with Crippen molar-refractivity contribution in [3.8, 4) is 0 Å². The number of nitrogens with zero attached hydrogens (tertiary/aromatic N) is 1. The van der Waals surface area contributed by atoms with Gasteiger partial charge in [0.1, 0.15) is 0 Å². The van der Waals surface area contributed by atoms with Crippen LogP contribution in [0.5, 0.6) is 0 Å². The molecule has 1 N–H and O–H groups in total. The third-order valence-corrected chi connectivity index (χ3v) is 4.68. The third-order valence-electron chi connectivity index (χ3n) is 4.68. The summed E-state index contributed by atoms with van der Waals surface area (Å²) in [6.45, 7) is 1.99. The van der Waals surface area contributed by atoms with E-state index in [0.717, 1.165) is 29.4 Å². The number of hydrogen-bond donors (Lipinski definition) is 1. The fraction of sp³-hybridized carbons (Fsp3) is 0.500. The van der Waals surface area contributed by atoms with Crippen molar-refractivity contribution in [2.75, 3.05) is 0 Å². The molecule has 0 saturated heterocycles. The van der Waals surface area contributed by atoms with Gasteiger partial charge in [0.2, 0.25) is 0 Å². The highest BCUT2D eigenvalue weighted by Gasteiger charge is 2.33. The lowest BCUT2D eigenvalue weighted by Gasteiger charge is -2.35. The predicted octanol–water partition coefficient (Wildman–Crippen LogP) is 4.11. The Balaban J connectivity index is 1.80. The molecule has 1 atom stereocenters. The quantitative estimate of drug-likeness (QED) is 0.909. The van der Waals surface area contributed by atoms with Crippen molar-refractivity contribution in [2.24, 2.45) is 5.92 Å². The van der Waals surface area contributed by atoms with Gasteiger partial charge in [-0.25, -0.2) is 0 Å². The lowest BCUT2D eigenvalue weighted by atomic mass is 9.76. The van der Waals surface area contributed by atoms with Crippen molar-refractivity contribution in [2.45, 2.75) is 51.0 Å². The van der Waals surface area contributed by atoms with Crippen LogP contribution in [0.1, 0.15) is 44.7 Å². The van der Waals surface area contributed by atoms with Crippen LogP contribution >= 0.6 is 0 Å². The van der Waals surface area contributed by atoms with E-state index in [4.69, 9.17) is 4.98 Å². The molecule has 106 valence electrons. The average Bonchev–Trinajstić information content (AvgIpc) is 2.48. The minimum Gasteiger partial charge on any atom is -0.389 e. The van der Waals surface area contributed by atoms with Crippen molar-refractivity contribution in [3.05, 3.63) is 42.1 Å². The number of fused-ring (bicyclic) bond motifs is 1. The zero-order valence-corrected chi connectivity index (χ0v) is 12.2. The average molecular weight is 269 g/mol. The van der Waals surface area contributed by atoms with Gasteiger partial charge in [-0.15, -0.1) is 0 Å². The van der Waals surface area contributed by atoms with Crippen LogP contribution < -0.4 is 0 Å². The first-order valence-corrected chi connectivity index (χ1v) is 7.72. The summed E-state index contributed by atoms with van der Waals surface area (Å²) in [5.74, 6) is 0.421. The van der Waals surface area contributed by atoms with Crippen LogP contribution in [0, 0.1) is 5.92 Å². The Morgan fingerprint density at radius 2 is 1.85 bits per heavy atom. The van der Waals surface area contributed by atoms with Crippen molar-refractivity contribution >= 4 is 10.9 Å². The molecule has 2 heteroatoms. The summed E-state index contributed by atoms with van der Waals surface area (Å²) in [6.07, 6.45) is 6.79. The van der Waals surface area contributed by atoms with Crippen molar-refractivity contribution in [3.63, 3.8) is 0 Å². The first-order valence-electron chi connectivity index (χ1n) is 7.72. The smallest absolute Gasteiger partial charge is 0.0705 e. The number of pyridine rings is 1. The maximum absolute atomic E-state index is 10.8. The monoisotopic (exact) mass is 269 g/mol. The second-order valence-corrected chi connectivity index (χ2v) is 6.36. The highest BCUT2D eigenvalue weighted by atomic mass is 16.3. The highest BCUT2D eigenvalue weighted by Crippen LogP contribution is 2.34. The largest absolute Gasteiger partial charge is 0.389 e. The van der Waals surface area contributed by atoms with Crippen LogP contribution in [0.25, 0.3) is 10.9 Å². The minimum atomic E-state index is -0.629. The SMILES string of the molecule is CC(O)(Cc1ccc2ccccc2n1)C1CCCCC1.